The van der Waals surface area contributed by atoms with Crippen molar-refractivity contribution in [3.8, 4) is 0 Å². The molecule has 7 nitrogen and oxygen atoms in total. The summed E-state index contributed by atoms with van der Waals surface area (Å²) in [6, 6.07) is 0. The quantitative estimate of drug-likeness (QED) is 0.324. The number of likely N-dealkylation sites (N-methyl/N-ethyl adjacent to an activating group) is 2. The van der Waals surface area contributed by atoms with Crippen molar-refractivity contribution in [2.24, 2.45) is 22.2 Å². The van der Waals surface area contributed by atoms with Crippen molar-refractivity contribution in [2.75, 3.05) is 27.2 Å². The topological polar surface area (TPSA) is 121 Å². The Morgan fingerprint density at radius 1 is 1.27 bits per heavy atom. The molecule has 0 saturated heterocycles. The van der Waals surface area contributed by atoms with E-state index in [2.05, 4.69) is 4.99 Å². The predicted molar refractivity (Wildman–Crippen MR) is 62.4 cm³/mol. The Labute approximate surface area is 90.4 Å². The summed E-state index contributed by atoms with van der Waals surface area (Å²) >= 11 is 0. The van der Waals surface area contributed by atoms with E-state index < -0.39 is 0 Å². The van der Waals surface area contributed by atoms with Gasteiger partial charge in [0.2, 0.25) is 0 Å². The number of aliphatic imine (C=N–C) groups is 1. The van der Waals surface area contributed by atoms with Crippen LogP contribution in [0, 0.1) is 5.41 Å². The number of nitrogens with one attached hydrogen (secondary N) is 1. The van der Waals surface area contributed by atoms with Gasteiger partial charge in [-0.25, -0.2) is 4.99 Å². The highest BCUT2D eigenvalue weighted by atomic mass is 15.3. The Balaban J connectivity index is 3.98. The third-order valence-electron chi connectivity index (χ3n) is 2.17. The second-order valence-corrected chi connectivity index (χ2v) is 3.47. The summed E-state index contributed by atoms with van der Waals surface area (Å²) in [6.45, 7) is 3.29. The van der Waals surface area contributed by atoms with Gasteiger partial charge in [-0.1, -0.05) is 0 Å². The third kappa shape index (κ3) is 5.74. The van der Waals surface area contributed by atoms with Crippen molar-refractivity contribution in [3.63, 3.8) is 0 Å². The van der Waals surface area contributed by atoms with E-state index in [9.17, 15) is 0 Å². The molecule has 0 aliphatic rings. The van der Waals surface area contributed by atoms with Crippen LogP contribution in [0.2, 0.25) is 0 Å². The Bertz CT molecular complexity index is 233. The zero-order valence-electron chi connectivity index (χ0n) is 9.57. The zero-order valence-corrected chi connectivity index (χ0v) is 9.57. The van der Waals surface area contributed by atoms with Crippen molar-refractivity contribution in [3.05, 3.63) is 0 Å². The third-order valence-corrected chi connectivity index (χ3v) is 2.17. The van der Waals surface area contributed by atoms with Crippen LogP contribution >= 0.6 is 0 Å². The molecule has 0 amide bonds. The van der Waals surface area contributed by atoms with E-state index >= 15 is 0 Å². The highest BCUT2D eigenvalue weighted by Crippen LogP contribution is 1.96. The maximum absolute atomic E-state index is 7.18. The van der Waals surface area contributed by atoms with Crippen LogP contribution in [-0.4, -0.2) is 55.1 Å². The molecule has 0 radical (unpaired) electrons. The summed E-state index contributed by atoms with van der Waals surface area (Å²) in [5.74, 6) is 0.132. The van der Waals surface area contributed by atoms with Crippen molar-refractivity contribution < 1.29 is 0 Å². The van der Waals surface area contributed by atoms with E-state index in [0.29, 0.717) is 6.54 Å². The molecule has 0 aromatic heterocycles. The van der Waals surface area contributed by atoms with E-state index in [1.54, 1.807) is 11.9 Å². The molecule has 0 aromatic rings. The minimum Gasteiger partial charge on any atom is -0.370 e. The zero-order chi connectivity index (χ0) is 12.0. The lowest BCUT2D eigenvalue weighted by Gasteiger charge is -2.24. The Morgan fingerprint density at radius 2 is 1.80 bits per heavy atom. The normalized spacial score (nSPS) is 12.3. The van der Waals surface area contributed by atoms with Crippen LogP contribution in [0.15, 0.2) is 4.99 Å². The standard InChI is InChI=1S/C8H21N7/c1-6(13-7(9)10)14(2)4-5-15(3)8(11)12/h6H,4-5H2,1-3H3,(H3,11,12)(H4,9,10,13). The average molecular weight is 215 g/mol. The van der Waals surface area contributed by atoms with Crippen molar-refractivity contribution in [1.82, 2.24) is 9.80 Å². The molecule has 7 N–H and O–H groups in total. The van der Waals surface area contributed by atoms with Gasteiger partial charge in [0.05, 0.1) is 0 Å². The van der Waals surface area contributed by atoms with E-state index in [4.69, 9.17) is 22.6 Å². The van der Waals surface area contributed by atoms with Gasteiger partial charge < -0.3 is 22.1 Å². The second-order valence-electron chi connectivity index (χ2n) is 3.47. The van der Waals surface area contributed by atoms with Crippen LogP contribution in [0.25, 0.3) is 0 Å². The van der Waals surface area contributed by atoms with Crippen LogP contribution in [0.4, 0.5) is 0 Å². The fourth-order valence-corrected chi connectivity index (χ4v) is 0.929. The van der Waals surface area contributed by atoms with E-state index in [1.807, 2.05) is 18.9 Å². The SMILES string of the molecule is CC(N=C(N)N)N(C)CCN(C)C(=N)N. The van der Waals surface area contributed by atoms with E-state index in [0.717, 1.165) is 6.54 Å². The van der Waals surface area contributed by atoms with Gasteiger partial charge >= 0.3 is 0 Å². The highest BCUT2D eigenvalue weighted by Gasteiger charge is 2.08. The lowest BCUT2D eigenvalue weighted by atomic mass is 10.4. The average Bonchev–Trinajstić information content (AvgIpc) is 2.12. The summed E-state index contributed by atoms with van der Waals surface area (Å²) < 4.78 is 0. The molecule has 0 aliphatic carbocycles. The Kier molecular flexibility index (Phi) is 5.46. The largest absolute Gasteiger partial charge is 0.370 e. The van der Waals surface area contributed by atoms with Gasteiger partial charge in [0.25, 0.3) is 0 Å². The first kappa shape index (κ1) is 13.5. The number of guanidine groups is 2. The first-order chi connectivity index (χ1) is 6.84. The first-order valence-electron chi connectivity index (χ1n) is 4.68. The molecule has 0 fully saturated rings. The van der Waals surface area contributed by atoms with Gasteiger partial charge in [-0.2, -0.15) is 0 Å². The molecular weight excluding hydrogens is 194 g/mol. The van der Waals surface area contributed by atoms with E-state index in [-0.39, 0.29) is 18.1 Å². The van der Waals surface area contributed by atoms with Crippen LogP contribution in [0.5, 0.6) is 0 Å². The van der Waals surface area contributed by atoms with Crippen LogP contribution in [0.1, 0.15) is 6.92 Å². The molecular formula is C8H21N7. The van der Waals surface area contributed by atoms with Crippen molar-refractivity contribution in [1.29, 1.82) is 5.41 Å². The molecule has 0 saturated carbocycles. The van der Waals surface area contributed by atoms with Gasteiger partial charge in [0.1, 0.15) is 6.17 Å². The van der Waals surface area contributed by atoms with Crippen LogP contribution in [0.3, 0.4) is 0 Å². The van der Waals surface area contributed by atoms with Gasteiger partial charge in [-0.15, -0.1) is 0 Å². The molecule has 0 bridgehead atoms. The molecule has 88 valence electrons. The molecule has 0 spiro atoms. The van der Waals surface area contributed by atoms with Crippen molar-refractivity contribution >= 4 is 11.9 Å². The fraction of sp³-hybridized carbons (Fsp3) is 0.750. The Hall–Kier alpha value is -1.50. The first-order valence-corrected chi connectivity index (χ1v) is 4.68. The van der Waals surface area contributed by atoms with Crippen molar-refractivity contribution in [2.45, 2.75) is 13.1 Å². The summed E-state index contributed by atoms with van der Waals surface area (Å²) in [4.78, 5) is 7.62. The van der Waals surface area contributed by atoms with Gasteiger partial charge in [-0.3, -0.25) is 10.3 Å². The number of nitrogens with two attached hydrogens (primary N) is 3. The smallest absolute Gasteiger partial charge is 0.188 e. The van der Waals surface area contributed by atoms with Gasteiger partial charge in [0, 0.05) is 20.1 Å². The summed E-state index contributed by atoms with van der Waals surface area (Å²) in [5, 5.41) is 7.18. The molecule has 1 atom stereocenters. The second kappa shape index (κ2) is 6.07. The minimum atomic E-state index is -0.0737. The fourth-order valence-electron chi connectivity index (χ4n) is 0.929. The summed E-state index contributed by atoms with van der Waals surface area (Å²) in [5.41, 5.74) is 15.8. The lowest BCUT2D eigenvalue weighted by molar-refractivity contribution is 0.247. The maximum Gasteiger partial charge on any atom is 0.188 e. The molecule has 15 heavy (non-hydrogen) atoms. The number of rotatable bonds is 5. The summed E-state index contributed by atoms with van der Waals surface area (Å²) in [6.07, 6.45) is -0.0737. The predicted octanol–water partition coefficient (Wildman–Crippen LogP) is -1.64. The van der Waals surface area contributed by atoms with E-state index in [1.165, 1.54) is 0 Å². The molecule has 0 heterocycles. The number of hydrogen-bond acceptors (Lipinski definition) is 3. The molecule has 7 heteroatoms. The maximum atomic E-state index is 7.18. The minimum absolute atomic E-state index is 0.0536. The van der Waals surface area contributed by atoms with Crippen LogP contribution in [-0.2, 0) is 0 Å². The molecule has 0 aliphatic heterocycles. The lowest BCUT2D eigenvalue weighted by Crippen LogP contribution is -2.41. The van der Waals surface area contributed by atoms with Gasteiger partial charge in [-0.05, 0) is 14.0 Å². The Morgan fingerprint density at radius 3 is 2.20 bits per heavy atom. The molecule has 0 aromatic carbocycles. The molecule has 1 unspecified atom stereocenters. The number of hydrogen-bond donors (Lipinski definition) is 4. The monoisotopic (exact) mass is 215 g/mol. The number of nitrogens with zero attached hydrogens (tertiary/aromatic N) is 3. The van der Waals surface area contributed by atoms with Crippen LogP contribution < -0.4 is 17.2 Å². The highest BCUT2D eigenvalue weighted by molar-refractivity contribution is 5.75. The summed E-state index contributed by atoms with van der Waals surface area (Å²) in [7, 11) is 3.67. The van der Waals surface area contributed by atoms with Gasteiger partial charge in [0.15, 0.2) is 11.9 Å². The molecule has 0 rings (SSSR count).